The zero-order valence-electron chi connectivity index (χ0n) is 11.6. The monoisotopic (exact) mass is 303 g/mol. The Balaban J connectivity index is 2.32. The van der Waals surface area contributed by atoms with Gasteiger partial charge in [-0.3, -0.25) is 4.68 Å². The van der Waals surface area contributed by atoms with Gasteiger partial charge in [-0.15, -0.1) is 11.3 Å². The van der Waals surface area contributed by atoms with E-state index in [1.807, 2.05) is 17.5 Å². The first-order chi connectivity index (χ1) is 10.1. The lowest BCUT2D eigenvalue weighted by Crippen LogP contribution is -1.97. The summed E-state index contributed by atoms with van der Waals surface area (Å²) in [7, 11) is 3.25. The van der Waals surface area contributed by atoms with E-state index >= 15 is 0 Å². The zero-order valence-corrected chi connectivity index (χ0v) is 12.4. The number of halogens is 1. The van der Waals surface area contributed by atoms with E-state index in [9.17, 15) is 4.39 Å². The Bertz CT molecular complexity index is 781. The highest BCUT2D eigenvalue weighted by atomic mass is 32.1. The molecule has 2 N–H and O–H groups in total. The molecule has 0 saturated carbocycles. The lowest BCUT2D eigenvalue weighted by Gasteiger charge is -2.08. The summed E-state index contributed by atoms with van der Waals surface area (Å²) in [6, 6.07) is 8.57. The molecule has 0 saturated heterocycles. The van der Waals surface area contributed by atoms with Crippen LogP contribution in [-0.4, -0.2) is 16.9 Å². The van der Waals surface area contributed by atoms with Gasteiger partial charge in [-0.1, -0.05) is 12.1 Å². The van der Waals surface area contributed by atoms with Crippen molar-refractivity contribution in [1.29, 1.82) is 0 Å². The molecule has 2 aromatic heterocycles. The van der Waals surface area contributed by atoms with Crippen LogP contribution >= 0.6 is 11.3 Å². The average Bonchev–Trinajstić information content (AvgIpc) is 3.08. The molecular formula is C15H14FN3OS. The molecule has 108 valence electrons. The second kappa shape index (κ2) is 5.21. The summed E-state index contributed by atoms with van der Waals surface area (Å²) >= 11 is 1.54. The second-order valence-corrected chi connectivity index (χ2v) is 5.47. The molecule has 0 fully saturated rings. The van der Waals surface area contributed by atoms with Crippen molar-refractivity contribution < 1.29 is 9.13 Å². The number of nitrogen functional groups attached to an aromatic ring is 1. The number of anilines is 1. The number of hydrogen-bond acceptors (Lipinski definition) is 4. The SMILES string of the molecule is COc1cccc(F)c1-c1nn(C)c(N)c1-c1cccs1. The maximum Gasteiger partial charge on any atom is 0.136 e. The van der Waals surface area contributed by atoms with E-state index in [1.165, 1.54) is 24.5 Å². The lowest BCUT2D eigenvalue weighted by molar-refractivity contribution is 0.413. The molecule has 3 aromatic rings. The normalized spacial score (nSPS) is 10.8. The van der Waals surface area contributed by atoms with Crippen molar-refractivity contribution in [3.05, 3.63) is 41.5 Å². The van der Waals surface area contributed by atoms with Gasteiger partial charge in [0.15, 0.2) is 0 Å². The van der Waals surface area contributed by atoms with Gasteiger partial charge < -0.3 is 10.5 Å². The predicted molar refractivity (Wildman–Crippen MR) is 82.9 cm³/mol. The second-order valence-electron chi connectivity index (χ2n) is 4.53. The quantitative estimate of drug-likeness (QED) is 0.805. The molecule has 0 aliphatic rings. The molecule has 2 heterocycles. The van der Waals surface area contributed by atoms with Crippen molar-refractivity contribution in [2.24, 2.45) is 7.05 Å². The number of benzene rings is 1. The van der Waals surface area contributed by atoms with Gasteiger partial charge in [0, 0.05) is 11.9 Å². The summed E-state index contributed by atoms with van der Waals surface area (Å²) in [5.74, 6) is 0.550. The molecular weight excluding hydrogens is 289 g/mol. The van der Waals surface area contributed by atoms with Crippen molar-refractivity contribution >= 4 is 17.2 Å². The third-order valence-electron chi connectivity index (χ3n) is 3.29. The van der Waals surface area contributed by atoms with E-state index in [2.05, 4.69) is 5.10 Å². The van der Waals surface area contributed by atoms with Crippen LogP contribution in [0.15, 0.2) is 35.7 Å². The minimum atomic E-state index is -0.384. The standard InChI is InChI=1S/C15H14FN3OS/c1-19-15(17)13(11-7-4-8-21-11)14(18-19)12-9(16)5-3-6-10(12)20-2/h3-8H,17H2,1-2H3. The highest BCUT2D eigenvalue weighted by Gasteiger charge is 2.23. The van der Waals surface area contributed by atoms with E-state index in [0.717, 1.165) is 10.4 Å². The zero-order chi connectivity index (χ0) is 15.0. The minimum Gasteiger partial charge on any atom is -0.496 e. The Morgan fingerprint density at radius 2 is 2.05 bits per heavy atom. The molecule has 0 radical (unpaired) electrons. The van der Waals surface area contributed by atoms with E-state index in [1.54, 1.807) is 23.9 Å². The van der Waals surface area contributed by atoms with Gasteiger partial charge in [0.25, 0.3) is 0 Å². The molecule has 6 heteroatoms. The van der Waals surface area contributed by atoms with Crippen molar-refractivity contribution in [2.45, 2.75) is 0 Å². The van der Waals surface area contributed by atoms with Crippen molar-refractivity contribution in [2.75, 3.05) is 12.8 Å². The van der Waals surface area contributed by atoms with Crippen LogP contribution in [0.4, 0.5) is 10.2 Å². The van der Waals surface area contributed by atoms with Gasteiger partial charge in [-0.2, -0.15) is 5.10 Å². The Hall–Kier alpha value is -2.34. The number of thiophene rings is 1. The van der Waals surface area contributed by atoms with Crippen LogP contribution in [0.3, 0.4) is 0 Å². The fourth-order valence-electron chi connectivity index (χ4n) is 2.28. The average molecular weight is 303 g/mol. The van der Waals surface area contributed by atoms with Crippen LogP contribution < -0.4 is 10.5 Å². The Kier molecular flexibility index (Phi) is 3.39. The largest absolute Gasteiger partial charge is 0.496 e. The molecule has 0 unspecified atom stereocenters. The summed E-state index contributed by atoms with van der Waals surface area (Å²) in [6.45, 7) is 0. The first kappa shape index (κ1) is 13.6. The van der Waals surface area contributed by atoms with Crippen molar-refractivity contribution in [3.8, 4) is 27.4 Å². The van der Waals surface area contributed by atoms with Crippen molar-refractivity contribution in [1.82, 2.24) is 9.78 Å². The summed E-state index contributed by atoms with van der Waals surface area (Å²) < 4.78 is 21.1. The number of nitrogens with zero attached hydrogens (tertiary/aromatic N) is 2. The highest BCUT2D eigenvalue weighted by Crippen LogP contribution is 2.42. The van der Waals surface area contributed by atoms with E-state index in [-0.39, 0.29) is 5.82 Å². The molecule has 0 amide bonds. The molecule has 0 aliphatic carbocycles. The van der Waals surface area contributed by atoms with Gasteiger partial charge in [0.2, 0.25) is 0 Å². The molecule has 0 bridgehead atoms. The number of rotatable bonds is 3. The third kappa shape index (κ3) is 2.17. The first-order valence-electron chi connectivity index (χ1n) is 6.32. The Labute approximate surface area is 125 Å². The predicted octanol–water partition coefficient (Wildman–Crippen LogP) is 3.55. The fourth-order valence-corrected chi connectivity index (χ4v) is 3.06. The minimum absolute atomic E-state index is 0.329. The Morgan fingerprint density at radius 3 is 2.71 bits per heavy atom. The maximum atomic E-state index is 14.3. The number of aromatic nitrogens is 2. The summed E-state index contributed by atoms with van der Waals surface area (Å²) in [5, 5.41) is 6.33. The topological polar surface area (TPSA) is 53.1 Å². The maximum absolute atomic E-state index is 14.3. The van der Waals surface area contributed by atoms with Crippen molar-refractivity contribution in [3.63, 3.8) is 0 Å². The van der Waals surface area contributed by atoms with Crippen LogP contribution in [0, 0.1) is 5.82 Å². The molecule has 0 atom stereocenters. The van der Waals surface area contributed by atoms with Crippen LogP contribution in [0.5, 0.6) is 5.75 Å². The molecule has 0 spiro atoms. The molecule has 4 nitrogen and oxygen atoms in total. The van der Waals surface area contributed by atoms with E-state index in [4.69, 9.17) is 10.5 Å². The molecule has 1 aromatic carbocycles. The van der Waals surface area contributed by atoms with Gasteiger partial charge in [-0.05, 0) is 23.6 Å². The fraction of sp³-hybridized carbons (Fsp3) is 0.133. The summed E-state index contributed by atoms with van der Waals surface area (Å²) in [6.07, 6.45) is 0. The summed E-state index contributed by atoms with van der Waals surface area (Å²) in [4.78, 5) is 0.945. The number of ether oxygens (including phenoxy) is 1. The summed E-state index contributed by atoms with van der Waals surface area (Å²) in [5.41, 5.74) is 7.67. The number of hydrogen-bond donors (Lipinski definition) is 1. The lowest BCUT2D eigenvalue weighted by atomic mass is 10.0. The van der Waals surface area contributed by atoms with Crippen LogP contribution in [0.25, 0.3) is 21.7 Å². The van der Waals surface area contributed by atoms with Crippen LogP contribution in [-0.2, 0) is 7.05 Å². The van der Waals surface area contributed by atoms with Gasteiger partial charge >= 0.3 is 0 Å². The first-order valence-corrected chi connectivity index (χ1v) is 7.20. The Morgan fingerprint density at radius 1 is 1.24 bits per heavy atom. The van der Waals surface area contributed by atoms with Gasteiger partial charge in [0.1, 0.15) is 23.1 Å². The highest BCUT2D eigenvalue weighted by molar-refractivity contribution is 7.13. The third-order valence-corrected chi connectivity index (χ3v) is 4.18. The number of methoxy groups -OCH3 is 1. The van der Waals surface area contributed by atoms with Crippen LogP contribution in [0.2, 0.25) is 0 Å². The van der Waals surface area contributed by atoms with E-state index in [0.29, 0.717) is 22.8 Å². The number of nitrogens with two attached hydrogens (primary N) is 1. The number of aryl methyl sites for hydroxylation is 1. The smallest absolute Gasteiger partial charge is 0.136 e. The molecule has 0 aliphatic heterocycles. The molecule has 21 heavy (non-hydrogen) atoms. The van der Waals surface area contributed by atoms with E-state index < -0.39 is 0 Å². The van der Waals surface area contributed by atoms with Gasteiger partial charge in [0.05, 0.1) is 18.2 Å². The van der Waals surface area contributed by atoms with Crippen LogP contribution in [0.1, 0.15) is 0 Å². The van der Waals surface area contributed by atoms with Gasteiger partial charge in [-0.25, -0.2) is 4.39 Å². The molecule has 3 rings (SSSR count).